The third kappa shape index (κ3) is 4.86. The Kier molecular flexibility index (Phi) is 6.79. The van der Waals surface area contributed by atoms with Crippen molar-refractivity contribution in [3.05, 3.63) is 99.7 Å². The van der Waals surface area contributed by atoms with E-state index in [0.717, 1.165) is 33.9 Å². The Hall–Kier alpha value is -4.42. The van der Waals surface area contributed by atoms with E-state index in [1.165, 1.54) is 33.1 Å². The number of carbonyl (C=O) groups excluding carboxylic acids is 2. The van der Waals surface area contributed by atoms with Crippen molar-refractivity contribution in [2.75, 3.05) is 19.6 Å². The van der Waals surface area contributed by atoms with Crippen LogP contribution in [0.5, 0.6) is 0 Å². The smallest absolute Gasteiger partial charge is 0.294 e. The molecule has 42 heavy (non-hydrogen) atoms. The second-order valence-electron chi connectivity index (χ2n) is 10.2. The number of piperazine rings is 1. The first-order valence-corrected chi connectivity index (χ1v) is 14.7. The van der Waals surface area contributed by atoms with Crippen LogP contribution in [0.15, 0.2) is 66.2 Å². The van der Waals surface area contributed by atoms with Crippen LogP contribution in [-0.2, 0) is 17.8 Å². The molecule has 1 fully saturated rings. The molecular formula is C29H24ClFN8O2S. The zero-order valence-corrected chi connectivity index (χ0v) is 23.8. The second kappa shape index (κ2) is 10.8. The molecule has 0 bridgehead atoms. The number of fused-ring (bicyclic) bond motifs is 1. The molecule has 1 aliphatic carbocycles. The molecule has 0 N–H and O–H groups in total. The summed E-state index contributed by atoms with van der Waals surface area (Å²) in [5.41, 5.74) is 3.42. The van der Waals surface area contributed by atoms with E-state index < -0.39 is 11.7 Å². The van der Waals surface area contributed by atoms with Crippen molar-refractivity contribution in [3.63, 3.8) is 0 Å². The van der Waals surface area contributed by atoms with E-state index in [4.69, 9.17) is 11.6 Å². The van der Waals surface area contributed by atoms with Crippen molar-refractivity contribution in [1.29, 1.82) is 0 Å². The van der Waals surface area contributed by atoms with E-state index in [9.17, 15) is 14.0 Å². The maximum absolute atomic E-state index is 14.0. The molecule has 5 aromatic rings. The number of rotatable bonds is 6. The van der Waals surface area contributed by atoms with Gasteiger partial charge in [-0.15, -0.1) is 21.5 Å². The van der Waals surface area contributed by atoms with Gasteiger partial charge in [0.25, 0.3) is 5.91 Å². The second-order valence-corrected chi connectivity index (χ2v) is 11.6. The van der Waals surface area contributed by atoms with Crippen LogP contribution in [0.3, 0.4) is 0 Å². The van der Waals surface area contributed by atoms with Crippen LogP contribution < -0.4 is 0 Å². The Labute approximate surface area is 249 Å². The summed E-state index contributed by atoms with van der Waals surface area (Å²) in [5, 5.41) is 15.7. The summed E-state index contributed by atoms with van der Waals surface area (Å²) in [6.45, 7) is 0.840. The monoisotopic (exact) mass is 602 g/mol. The third-order valence-electron chi connectivity index (χ3n) is 7.61. The van der Waals surface area contributed by atoms with Gasteiger partial charge in [-0.2, -0.15) is 0 Å². The average molecular weight is 603 g/mol. The summed E-state index contributed by atoms with van der Waals surface area (Å²) in [7, 11) is 0. The van der Waals surface area contributed by atoms with Crippen molar-refractivity contribution in [1.82, 2.24) is 39.6 Å². The predicted molar refractivity (Wildman–Crippen MR) is 154 cm³/mol. The Morgan fingerprint density at radius 1 is 1.12 bits per heavy atom. The minimum Gasteiger partial charge on any atom is -0.333 e. The van der Waals surface area contributed by atoms with Gasteiger partial charge in [-0.1, -0.05) is 41.1 Å². The minimum absolute atomic E-state index is 0.0520. The van der Waals surface area contributed by atoms with Crippen LogP contribution in [0.2, 0.25) is 5.02 Å². The molecule has 7 rings (SSSR count). The van der Waals surface area contributed by atoms with Gasteiger partial charge in [0.15, 0.2) is 5.82 Å². The highest BCUT2D eigenvalue weighted by molar-refractivity contribution is 7.13. The molecule has 13 heteroatoms. The third-order valence-corrected chi connectivity index (χ3v) is 8.83. The van der Waals surface area contributed by atoms with Crippen molar-refractivity contribution < 1.29 is 14.0 Å². The summed E-state index contributed by atoms with van der Waals surface area (Å²) in [6.07, 6.45) is 3.65. The lowest BCUT2D eigenvalue weighted by Crippen LogP contribution is -2.52. The number of hydrogen-bond acceptors (Lipinski definition) is 7. The lowest BCUT2D eigenvalue weighted by Gasteiger charge is -2.33. The van der Waals surface area contributed by atoms with Crippen LogP contribution in [0.25, 0.3) is 16.4 Å². The quantitative estimate of drug-likeness (QED) is 0.286. The Balaban J connectivity index is 1.05. The number of amides is 2. The van der Waals surface area contributed by atoms with Crippen molar-refractivity contribution in [3.8, 4) is 16.4 Å². The van der Waals surface area contributed by atoms with Gasteiger partial charge in [-0.25, -0.2) is 18.7 Å². The predicted octanol–water partition coefficient (Wildman–Crippen LogP) is 4.40. The normalized spacial score (nSPS) is 16.7. The summed E-state index contributed by atoms with van der Waals surface area (Å²) in [5.74, 6) is -0.708. The highest BCUT2D eigenvalue weighted by Crippen LogP contribution is 2.37. The van der Waals surface area contributed by atoms with Gasteiger partial charge >= 0.3 is 0 Å². The standard InChI is InChI=1S/C29H24ClFN8O2S/c30-23-7-2-6-22-21(23)9-10-24(22)38-16-19(33-35-38)15-36-11-12-37(17-26(36)40)29(41)27-32-28(25-8-3-13-42-25)39(34-27)20-5-1-4-18(31)14-20/h1-8,13-14,16,24H,9-12,15,17H2/t24-/m1/s1. The molecule has 212 valence electrons. The van der Waals surface area contributed by atoms with Gasteiger partial charge in [0.2, 0.25) is 11.7 Å². The first kappa shape index (κ1) is 26.5. The molecule has 2 amide bonds. The number of carbonyl (C=O) groups is 2. The van der Waals surface area contributed by atoms with Crippen LogP contribution in [0.1, 0.15) is 39.9 Å². The maximum atomic E-state index is 14.0. The van der Waals surface area contributed by atoms with E-state index in [-0.39, 0.29) is 24.3 Å². The molecule has 4 heterocycles. The number of benzene rings is 2. The molecule has 3 aromatic heterocycles. The highest BCUT2D eigenvalue weighted by atomic mass is 35.5. The van der Waals surface area contributed by atoms with E-state index in [1.807, 2.05) is 40.5 Å². The first-order chi connectivity index (χ1) is 20.4. The topological polar surface area (TPSA) is 102 Å². The van der Waals surface area contributed by atoms with Gasteiger partial charge in [0.1, 0.15) is 18.1 Å². The largest absolute Gasteiger partial charge is 0.333 e. The Morgan fingerprint density at radius 2 is 2.00 bits per heavy atom. The van der Waals surface area contributed by atoms with Gasteiger partial charge in [-0.3, -0.25) is 9.59 Å². The Bertz CT molecular complexity index is 1800. The molecule has 1 atom stereocenters. The summed E-state index contributed by atoms with van der Waals surface area (Å²) < 4.78 is 17.3. The van der Waals surface area contributed by atoms with Crippen LogP contribution in [-0.4, -0.2) is 71.0 Å². The molecule has 10 nitrogen and oxygen atoms in total. The molecule has 0 saturated carbocycles. The van der Waals surface area contributed by atoms with E-state index >= 15 is 0 Å². The van der Waals surface area contributed by atoms with Crippen LogP contribution >= 0.6 is 22.9 Å². The van der Waals surface area contributed by atoms with E-state index in [0.29, 0.717) is 36.8 Å². The molecule has 0 spiro atoms. The highest BCUT2D eigenvalue weighted by Gasteiger charge is 2.32. The summed E-state index contributed by atoms with van der Waals surface area (Å²) in [6, 6.07) is 15.6. The fourth-order valence-corrected chi connectivity index (χ4v) is 6.52. The molecule has 2 aliphatic rings. The number of halogens is 2. The molecule has 1 aliphatic heterocycles. The lowest BCUT2D eigenvalue weighted by atomic mass is 10.1. The van der Waals surface area contributed by atoms with Crippen molar-refractivity contribution in [2.24, 2.45) is 0 Å². The number of thiophene rings is 1. The van der Waals surface area contributed by atoms with Crippen LogP contribution in [0, 0.1) is 5.82 Å². The van der Waals surface area contributed by atoms with Gasteiger partial charge < -0.3 is 9.80 Å². The number of nitrogens with zero attached hydrogens (tertiary/aromatic N) is 8. The van der Waals surface area contributed by atoms with Gasteiger partial charge in [0.05, 0.1) is 29.3 Å². The molecule has 1 saturated heterocycles. The zero-order valence-electron chi connectivity index (χ0n) is 22.2. The lowest BCUT2D eigenvalue weighted by molar-refractivity contribution is -0.135. The van der Waals surface area contributed by atoms with Crippen molar-refractivity contribution in [2.45, 2.75) is 25.4 Å². The molecular weight excluding hydrogens is 579 g/mol. The fourth-order valence-electron chi connectivity index (χ4n) is 5.54. The summed E-state index contributed by atoms with van der Waals surface area (Å²) >= 11 is 7.81. The summed E-state index contributed by atoms with van der Waals surface area (Å²) in [4.78, 5) is 34.9. The van der Waals surface area contributed by atoms with Crippen molar-refractivity contribution >= 4 is 34.8 Å². The van der Waals surface area contributed by atoms with Crippen LogP contribution in [0.4, 0.5) is 4.39 Å². The first-order valence-electron chi connectivity index (χ1n) is 13.5. The Morgan fingerprint density at radius 3 is 2.81 bits per heavy atom. The zero-order chi connectivity index (χ0) is 28.8. The maximum Gasteiger partial charge on any atom is 0.294 e. The average Bonchev–Trinajstić information content (AvgIpc) is 3.80. The molecule has 0 unspecified atom stereocenters. The van der Waals surface area contributed by atoms with E-state index in [1.54, 1.807) is 17.0 Å². The number of hydrogen-bond donors (Lipinski definition) is 0. The van der Waals surface area contributed by atoms with Gasteiger partial charge in [-0.05, 0) is 59.7 Å². The minimum atomic E-state index is -0.458. The van der Waals surface area contributed by atoms with E-state index in [2.05, 4.69) is 26.5 Å². The number of aromatic nitrogens is 6. The van der Waals surface area contributed by atoms with Gasteiger partial charge in [0, 0.05) is 18.1 Å². The fraction of sp³-hybridized carbons (Fsp3) is 0.241. The molecule has 0 radical (unpaired) electrons. The molecule has 2 aromatic carbocycles. The SMILES string of the molecule is O=C1CN(C(=O)c2nc(-c3cccs3)n(-c3cccc(F)c3)n2)CCN1Cc1cn([C@@H]2CCc3c(Cl)cccc32)nn1.